The third-order valence-corrected chi connectivity index (χ3v) is 3.37. The van der Waals surface area contributed by atoms with Crippen molar-refractivity contribution in [2.24, 2.45) is 0 Å². The number of aryl methyl sites for hydroxylation is 1. The fourth-order valence-electron chi connectivity index (χ4n) is 1.60. The average molecular weight is 282 g/mol. The summed E-state index contributed by atoms with van der Waals surface area (Å²) in [6, 6.07) is 3.68. The zero-order chi connectivity index (χ0) is 13.1. The Labute approximate surface area is 116 Å². The van der Waals surface area contributed by atoms with Crippen LogP contribution in [0.1, 0.15) is 24.2 Å². The lowest BCUT2D eigenvalue weighted by Crippen LogP contribution is -2.09. The number of aromatic nitrogens is 2. The molecule has 1 unspecified atom stereocenters. The second-order valence-corrected chi connectivity index (χ2v) is 4.89. The van der Waals surface area contributed by atoms with E-state index in [2.05, 4.69) is 15.3 Å². The second-order valence-electron chi connectivity index (χ2n) is 4.08. The molecule has 0 amide bonds. The molecule has 1 aromatic carbocycles. The lowest BCUT2D eigenvalue weighted by molar-refractivity contribution is 0.827. The molecule has 1 atom stereocenters. The maximum absolute atomic E-state index is 6.18. The van der Waals surface area contributed by atoms with Crippen molar-refractivity contribution in [1.29, 1.82) is 0 Å². The van der Waals surface area contributed by atoms with Crippen LogP contribution in [-0.4, -0.2) is 9.97 Å². The van der Waals surface area contributed by atoms with Gasteiger partial charge in [-0.05, 0) is 31.5 Å². The van der Waals surface area contributed by atoms with Crippen LogP contribution in [0.25, 0.3) is 0 Å². The molecule has 1 heterocycles. The zero-order valence-electron chi connectivity index (χ0n) is 10.1. The van der Waals surface area contributed by atoms with Crippen LogP contribution in [0.3, 0.4) is 0 Å². The normalized spacial score (nSPS) is 12.2. The fraction of sp³-hybridized carbons (Fsp3) is 0.231. The van der Waals surface area contributed by atoms with E-state index in [4.69, 9.17) is 23.2 Å². The molecule has 2 rings (SSSR count). The number of benzene rings is 1. The van der Waals surface area contributed by atoms with Gasteiger partial charge in [0.15, 0.2) is 0 Å². The highest BCUT2D eigenvalue weighted by Crippen LogP contribution is 2.30. The number of hydrogen-bond donors (Lipinski definition) is 1. The van der Waals surface area contributed by atoms with Crippen molar-refractivity contribution in [2.45, 2.75) is 19.9 Å². The maximum atomic E-state index is 6.18. The molecular weight excluding hydrogens is 269 g/mol. The lowest BCUT2D eigenvalue weighted by Gasteiger charge is -2.16. The summed E-state index contributed by atoms with van der Waals surface area (Å²) < 4.78 is 0. The predicted molar refractivity (Wildman–Crippen MR) is 75.3 cm³/mol. The molecule has 2 aromatic rings. The number of rotatable bonds is 3. The Morgan fingerprint density at radius 2 is 1.94 bits per heavy atom. The van der Waals surface area contributed by atoms with E-state index in [1.165, 1.54) is 0 Å². The summed E-state index contributed by atoms with van der Waals surface area (Å²) in [5.74, 6) is 0. The Kier molecular flexibility index (Phi) is 4.04. The molecule has 0 aliphatic heterocycles. The molecule has 0 aliphatic rings. The molecule has 3 nitrogen and oxygen atoms in total. The third kappa shape index (κ3) is 2.92. The lowest BCUT2D eigenvalue weighted by atomic mass is 10.2. The van der Waals surface area contributed by atoms with Gasteiger partial charge in [0.25, 0.3) is 0 Å². The van der Waals surface area contributed by atoms with Gasteiger partial charge >= 0.3 is 0 Å². The topological polar surface area (TPSA) is 37.8 Å². The first-order valence-corrected chi connectivity index (χ1v) is 6.31. The van der Waals surface area contributed by atoms with Crippen molar-refractivity contribution in [1.82, 2.24) is 9.97 Å². The minimum absolute atomic E-state index is 0.00923. The van der Waals surface area contributed by atoms with E-state index in [-0.39, 0.29) is 6.04 Å². The van der Waals surface area contributed by atoms with E-state index in [0.29, 0.717) is 10.0 Å². The molecule has 5 heteroatoms. The quantitative estimate of drug-likeness (QED) is 0.913. The Morgan fingerprint density at radius 3 is 2.61 bits per heavy atom. The summed E-state index contributed by atoms with van der Waals surface area (Å²) >= 11 is 12.3. The van der Waals surface area contributed by atoms with Crippen LogP contribution in [-0.2, 0) is 0 Å². The van der Waals surface area contributed by atoms with Gasteiger partial charge in [0.05, 0.1) is 28.6 Å². The van der Waals surface area contributed by atoms with Gasteiger partial charge in [-0.3, -0.25) is 9.97 Å². The number of hydrogen-bond acceptors (Lipinski definition) is 3. The molecule has 0 saturated heterocycles. The van der Waals surface area contributed by atoms with Gasteiger partial charge in [-0.25, -0.2) is 0 Å². The van der Waals surface area contributed by atoms with Gasteiger partial charge < -0.3 is 5.32 Å². The summed E-state index contributed by atoms with van der Waals surface area (Å²) in [6.45, 7) is 3.91. The number of anilines is 1. The van der Waals surface area contributed by atoms with Gasteiger partial charge in [0.2, 0.25) is 0 Å². The van der Waals surface area contributed by atoms with Crippen LogP contribution in [0.5, 0.6) is 0 Å². The first-order valence-electron chi connectivity index (χ1n) is 5.56. The first kappa shape index (κ1) is 13.1. The number of nitrogens with zero attached hydrogens (tertiary/aromatic N) is 2. The Balaban J connectivity index is 2.22. The van der Waals surface area contributed by atoms with E-state index in [0.717, 1.165) is 16.9 Å². The highest BCUT2D eigenvalue weighted by atomic mass is 35.5. The van der Waals surface area contributed by atoms with Gasteiger partial charge in [-0.1, -0.05) is 23.2 Å². The molecule has 0 fully saturated rings. The molecule has 18 heavy (non-hydrogen) atoms. The van der Waals surface area contributed by atoms with E-state index in [9.17, 15) is 0 Å². The van der Waals surface area contributed by atoms with Crippen molar-refractivity contribution in [3.8, 4) is 0 Å². The SMILES string of the molecule is Cc1cc(Cl)c(NC(C)c2cnccn2)cc1Cl. The standard InChI is InChI=1S/C13H13Cl2N3/c1-8-5-11(15)12(6-10(8)14)18-9(2)13-7-16-3-4-17-13/h3-7,9,18H,1-2H3. The fourth-order valence-corrected chi connectivity index (χ4v) is 2.03. The first-order chi connectivity index (χ1) is 8.58. The van der Waals surface area contributed by atoms with Crippen LogP contribution in [0, 0.1) is 6.92 Å². The molecule has 94 valence electrons. The highest BCUT2D eigenvalue weighted by molar-refractivity contribution is 6.35. The number of nitrogens with one attached hydrogen (secondary N) is 1. The van der Waals surface area contributed by atoms with Gasteiger partial charge in [-0.15, -0.1) is 0 Å². The number of halogens is 2. The monoisotopic (exact) mass is 281 g/mol. The van der Waals surface area contributed by atoms with Gasteiger partial charge in [-0.2, -0.15) is 0 Å². The van der Waals surface area contributed by atoms with Crippen LogP contribution in [0.4, 0.5) is 5.69 Å². The molecular formula is C13H13Cl2N3. The van der Waals surface area contributed by atoms with E-state index in [1.54, 1.807) is 18.6 Å². The summed E-state index contributed by atoms with van der Waals surface area (Å²) in [5.41, 5.74) is 2.61. The summed E-state index contributed by atoms with van der Waals surface area (Å²) in [5, 5.41) is 4.61. The van der Waals surface area contributed by atoms with Gasteiger partial charge in [0, 0.05) is 17.4 Å². The molecule has 0 spiro atoms. The van der Waals surface area contributed by atoms with Crippen LogP contribution >= 0.6 is 23.2 Å². The van der Waals surface area contributed by atoms with E-state index < -0.39 is 0 Å². The smallest absolute Gasteiger partial charge is 0.0806 e. The summed E-state index contributed by atoms with van der Waals surface area (Å²) in [7, 11) is 0. The molecule has 0 radical (unpaired) electrons. The molecule has 0 bridgehead atoms. The van der Waals surface area contributed by atoms with E-state index >= 15 is 0 Å². The van der Waals surface area contributed by atoms with E-state index in [1.807, 2.05) is 26.0 Å². The van der Waals surface area contributed by atoms with Crippen LogP contribution in [0.15, 0.2) is 30.7 Å². The summed E-state index contributed by atoms with van der Waals surface area (Å²) in [6.07, 6.45) is 5.03. The minimum Gasteiger partial charge on any atom is -0.376 e. The largest absolute Gasteiger partial charge is 0.376 e. The molecule has 0 aliphatic carbocycles. The predicted octanol–water partition coefficient (Wildman–Crippen LogP) is 4.26. The Morgan fingerprint density at radius 1 is 1.17 bits per heavy atom. The van der Waals surface area contributed by atoms with Crippen molar-refractivity contribution in [3.05, 3.63) is 52.0 Å². The van der Waals surface area contributed by atoms with Gasteiger partial charge in [0.1, 0.15) is 0 Å². The van der Waals surface area contributed by atoms with Crippen molar-refractivity contribution >= 4 is 28.9 Å². The summed E-state index contributed by atoms with van der Waals surface area (Å²) in [4.78, 5) is 8.28. The molecule has 0 saturated carbocycles. The van der Waals surface area contributed by atoms with Crippen molar-refractivity contribution in [2.75, 3.05) is 5.32 Å². The molecule has 1 aromatic heterocycles. The zero-order valence-corrected chi connectivity index (χ0v) is 11.6. The third-order valence-electron chi connectivity index (χ3n) is 2.65. The highest BCUT2D eigenvalue weighted by Gasteiger charge is 2.10. The van der Waals surface area contributed by atoms with Crippen LogP contribution in [0.2, 0.25) is 10.0 Å². The minimum atomic E-state index is 0.00923. The Bertz CT molecular complexity index is 543. The van der Waals surface area contributed by atoms with Crippen molar-refractivity contribution < 1.29 is 0 Å². The average Bonchev–Trinajstić information content (AvgIpc) is 2.37. The Hall–Kier alpha value is -1.32. The second kappa shape index (κ2) is 5.55. The maximum Gasteiger partial charge on any atom is 0.0806 e. The van der Waals surface area contributed by atoms with Crippen LogP contribution < -0.4 is 5.32 Å². The molecule has 1 N–H and O–H groups in total. The van der Waals surface area contributed by atoms with Crippen molar-refractivity contribution in [3.63, 3.8) is 0 Å².